The number of rotatable bonds is 6. The monoisotopic (exact) mass is 384 g/mol. The Morgan fingerprint density at radius 2 is 1.88 bits per heavy atom. The molecule has 0 aromatic heterocycles. The molecule has 1 aliphatic heterocycles. The van der Waals surface area contributed by atoms with Crippen LogP contribution in [0.3, 0.4) is 0 Å². The number of nitrogens with zero attached hydrogens (tertiary/aromatic N) is 2. The average Bonchev–Trinajstić information content (AvgIpc) is 2.59. The van der Waals surface area contributed by atoms with Gasteiger partial charge in [0, 0.05) is 13.1 Å². The van der Waals surface area contributed by atoms with Gasteiger partial charge < -0.3 is 14.4 Å². The normalized spacial score (nSPS) is 16.0. The lowest BCUT2D eigenvalue weighted by Crippen LogP contribution is -2.47. The number of sulfonamides is 1. The van der Waals surface area contributed by atoms with Crippen LogP contribution in [0.15, 0.2) is 24.3 Å². The summed E-state index contributed by atoms with van der Waals surface area (Å²) in [6.07, 6.45) is 0.0357. The molecule has 1 aromatic carbocycles. The summed E-state index contributed by atoms with van der Waals surface area (Å²) in [5.74, 6) is -1.10. The molecule has 1 unspecified atom stereocenters. The number of amides is 1. The summed E-state index contributed by atoms with van der Waals surface area (Å²) < 4.78 is 35.6. The largest absolute Gasteiger partial charge is 0.451 e. The Morgan fingerprint density at radius 1 is 1.27 bits per heavy atom. The third kappa shape index (κ3) is 5.18. The molecule has 1 saturated heterocycles. The fourth-order valence-corrected chi connectivity index (χ4v) is 3.57. The van der Waals surface area contributed by atoms with Gasteiger partial charge in [-0.15, -0.1) is 0 Å². The number of aryl methyl sites for hydroxylation is 1. The van der Waals surface area contributed by atoms with Crippen molar-refractivity contribution in [2.45, 2.75) is 20.0 Å². The van der Waals surface area contributed by atoms with Gasteiger partial charge in [0.15, 0.2) is 6.10 Å². The fraction of sp³-hybridized carbons (Fsp3) is 0.529. The first-order valence-electron chi connectivity index (χ1n) is 8.29. The summed E-state index contributed by atoms with van der Waals surface area (Å²) in [4.78, 5) is 26.1. The van der Waals surface area contributed by atoms with Crippen molar-refractivity contribution in [2.24, 2.45) is 0 Å². The van der Waals surface area contributed by atoms with Crippen LogP contribution in [0, 0.1) is 6.92 Å². The molecule has 26 heavy (non-hydrogen) atoms. The lowest BCUT2D eigenvalue weighted by atomic mass is 10.2. The van der Waals surface area contributed by atoms with Crippen molar-refractivity contribution in [3.63, 3.8) is 0 Å². The van der Waals surface area contributed by atoms with Gasteiger partial charge in [-0.25, -0.2) is 8.42 Å². The molecule has 0 N–H and O–H groups in total. The van der Waals surface area contributed by atoms with E-state index < -0.39 is 28.6 Å². The zero-order chi connectivity index (χ0) is 19.3. The maximum absolute atomic E-state index is 12.3. The average molecular weight is 384 g/mol. The molecule has 0 radical (unpaired) electrons. The highest BCUT2D eigenvalue weighted by Crippen LogP contribution is 2.22. The Balaban J connectivity index is 2.05. The summed E-state index contributed by atoms with van der Waals surface area (Å²) >= 11 is 0. The number of ether oxygens (including phenoxy) is 2. The van der Waals surface area contributed by atoms with Crippen molar-refractivity contribution in [2.75, 3.05) is 43.4 Å². The first-order chi connectivity index (χ1) is 12.2. The predicted molar refractivity (Wildman–Crippen MR) is 96.3 cm³/mol. The van der Waals surface area contributed by atoms with E-state index in [1.165, 1.54) is 6.92 Å². The molecule has 1 fully saturated rings. The summed E-state index contributed by atoms with van der Waals surface area (Å²) in [5.41, 5.74) is 1.11. The van der Waals surface area contributed by atoms with E-state index >= 15 is 0 Å². The predicted octanol–water partition coefficient (Wildman–Crippen LogP) is 0.552. The van der Waals surface area contributed by atoms with Crippen molar-refractivity contribution in [1.82, 2.24) is 4.90 Å². The highest BCUT2D eigenvalue weighted by Gasteiger charge is 2.28. The minimum absolute atomic E-state index is 0.316. The van der Waals surface area contributed by atoms with Crippen LogP contribution >= 0.6 is 0 Å². The Labute approximate surface area is 153 Å². The summed E-state index contributed by atoms with van der Waals surface area (Å²) in [7, 11) is -3.69. The van der Waals surface area contributed by atoms with E-state index in [4.69, 9.17) is 9.47 Å². The fourth-order valence-electron chi connectivity index (χ4n) is 2.67. The molecule has 1 aliphatic rings. The quantitative estimate of drug-likeness (QED) is 0.665. The SMILES string of the molecule is Cc1ccccc1N(CC(=O)OC(C)C(=O)N1CCOCC1)S(C)(=O)=O. The van der Waals surface area contributed by atoms with E-state index in [1.807, 2.05) is 0 Å². The first kappa shape index (κ1) is 20.2. The van der Waals surface area contributed by atoms with Crippen molar-refractivity contribution < 1.29 is 27.5 Å². The van der Waals surface area contributed by atoms with Gasteiger partial charge in [0.25, 0.3) is 5.91 Å². The first-order valence-corrected chi connectivity index (χ1v) is 10.1. The summed E-state index contributed by atoms with van der Waals surface area (Å²) in [6, 6.07) is 6.84. The Hall–Kier alpha value is -2.13. The van der Waals surface area contributed by atoms with E-state index in [1.54, 1.807) is 36.1 Å². The molecule has 8 nitrogen and oxygen atoms in total. The second-order valence-corrected chi connectivity index (χ2v) is 8.03. The number of carbonyl (C=O) groups excluding carboxylic acids is 2. The number of esters is 1. The van der Waals surface area contributed by atoms with Gasteiger partial charge in [0.1, 0.15) is 6.54 Å². The van der Waals surface area contributed by atoms with E-state index in [-0.39, 0.29) is 5.91 Å². The Bertz CT molecular complexity index is 758. The van der Waals surface area contributed by atoms with Crippen molar-refractivity contribution in [3.8, 4) is 0 Å². The maximum atomic E-state index is 12.3. The van der Waals surface area contributed by atoms with Crippen LogP contribution in [0.2, 0.25) is 0 Å². The van der Waals surface area contributed by atoms with Gasteiger partial charge in [-0.1, -0.05) is 18.2 Å². The van der Waals surface area contributed by atoms with Crippen molar-refractivity contribution in [3.05, 3.63) is 29.8 Å². The number of hydrogen-bond donors (Lipinski definition) is 0. The van der Waals surface area contributed by atoms with Crippen LogP contribution in [0.25, 0.3) is 0 Å². The molecule has 9 heteroatoms. The Morgan fingerprint density at radius 3 is 2.46 bits per heavy atom. The van der Waals surface area contributed by atoms with Gasteiger partial charge in [-0.05, 0) is 25.5 Å². The second-order valence-electron chi connectivity index (χ2n) is 6.13. The standard InChI is InChI=1S/C17H24N2O6S/c1-13-6-4-5-7-15(13)19(26(3,22)23)12-16(20)25-14(2)17(21)18-8-10-24-11-9-18/h4-7,14H,8-12H2,1-3H3. The lowest BCUT2D eigenvalue weighted by Gasteiger charge is -2.29. The molecule has 1 heterocycles. The zero-order valence-corrected chi connectivity index (χ0v) is 16.0. The number of benzene rings is 1. The lowest BCUT2D eigenvalue weighted by molar-refractivity contribution is -0.159. The molecule has 1 amide bonds. The number of carbonyl (C=O) groups is 2. The van der Waals surface area contributed by atoms with Crippen LogP contribution in [0.1, 0.15) is 12.5 Å². The minimum atomic E-state index is -3.69. The third-order valence-corrected chi connectivity index (χ3v) is 5.16. The number of anilines is 1. The van der Waals surface area contributed by atoms with Gasteiger partial charge in [0.2, 0.25) is 10.0 Å². The summed E-state index contributed by atoms with van der Waals surface area (Å²) in [5, 5.41) is 0. The molecular weight excluding hydrogens is 360 g/mol. The van der Waals surface area contributed by atoms with E-state index in [0.717, 1.165) is 10.6 Å². The van der Waals surface area contributed by atoms with Gasteiger partial charge in [-0.2, -0.15) is 0 Å². The number of para-hydroxylation sites is 1. The van der Waals surface area contributed by atoms with Crippen LogP contribution in [0.5, 0.6) is 0 Å². The second kappa shape index (κ2) is 8.50. The molecule has 144 valence electrons. The molecule has 0 aliphatic carbocycles. The molecule has 2 rings (SSSR count). The van der Waals surface area contributed by atoms with E-state index in [0.29, 0.717) is 37.6 Å². The van der Waals surface area contributed by atoms with E-state index in [2.05, 4.69) is 0 Å². The highest BCUT2D eigenvalue weighted by molar-refractivity contribution is 7.92. The molecular formula is C17H24N2O6S. The van der Waals surface area contributed by atoms with Crippen molar-refractivity contribution in [1.29, 1.82) is 0 Å². The topological polar surface area (TPSA) is 93.2 Å². The van der Waals surface area contributed by atoms with Crippen LogP contribution in [-0.4, -0.2) is 70.4 Å². The highest BCUT2D eigenvalue weighted by atomic mass is 32.2. The van der Waals surface area contributed by atoms with Gasteiger partial charge in [0.05, 0.1) is 25.2 Å². The zero-order valence-electron chi connectivity index (χ0n) is 15.2. The molecule has 0 spiro atoms. The number of morpholine rings is 1. The minimum Gasteiger partial charge on any atom is -0.451 e. The molecule has 1 aromatic rings. The smallest absolute Gasteiger partial charge is 0.327 e. The van der Waals surface area contributed by atoms with E-state index in [9.17, 15) is 18.0 Å². The molecule has 0 saturated carbocycles. The molecule has 0 bridgehead atoms. The van der Waals surface area contributed by atoms with Gasteiger partial charge >= 0.3 is 5.97 Å². The summed E-state index contributed by atoms with van der Waals surface area (Å²) in [6.45, 7) is 4.52. The Kier molecular flexibility index (Phi) is 6.60. The van der Waals surface area contributed by atoms with Crippen LogP contribution < -0.4 is 4.31 Å². The third-order valence-electron chi connectivity index (χ3n) is 4.04. The van der Waals surface area contributed by atoms with Crippen LogP contribution in [-0.2, 0) is 29.1 Å². The van der Waals surface area contributed by atoms with Gasteiger partial charge in [-0.3, -0.25) is 13.9 Å². The maximum Gasteiger partial charge on any atom is 0.327 e. The van der Waals surface area contributed by atoms with Crippen molar-refractivity contribution >= 4 is 27.6 Å². The molecule has 1 atom stereocenters. The number of hydrogen-bond acceptors (Lipinski definition) is 6. The van der Waals surface area contributed by atoms with Crippen LogP contribution in [0.4, 0.5) is 5.69 Å².